The molecular formula is C22H26N4O4. The van der Waals surface area contributed by atoms with Gasteiger partial charge in [0.1, 0.15) is 0 Å². The normalized spacial score (nSPS) is 10.9. The van der Waals surface area contributed by atoms with Gasteiger partial charge in [-0.3, -0.25) is 4.79 Å². The number of hydrogen-bond acceptors (Lipinski definition) is 6. The molecule has 158 valence electrons. The number of benzene rings is 1. The molecule has 8 heteroatoms. The maximum Gasteiger partial charge on any atom is 0.361 e. The number of nitrogens with zero attached hydrogens (tertiary/aromatic N) is 4. The van der Waals surface area contributed by atoms with Gasteiger partial charge in [-0.2, -0.15) is 9.90 Å². The molecule has 0 saturated heterocycles. The highest BCUT2D eigenvalue weighted by molar-refractivity contribution is 6.00. The number of carbonyl (C=O) groups is 2. The van der Waals surface area contributed by atoms with Gasteiger partial charge < -0.3 is 14.0 Å². The molecule has 1 aromatic carbocycles. The molecular weight excluding hydrogens is 384 g/mol. The van der Waals surface area contributed by atoms with E-state index in [9.17, 15) is 9.59 Å². The number of ketones is 1. The molecule has 2 aromatic heterocycles. The van der Waals surface area contributed by atoms with Crippen LogP contribution in [0.15, 0.2) is 36.4 Å². The Morgan fingerprint density at radius 3 is 2.50 bits per heavy atom. The Hall–Kier alpha value is -3.26. The Kier molecular flexibility index (Phi) is 6.79. The molecule has 2 heterocycles. The van der Waals surface area contributed by atoms with Crippen LogP contribution in [0.4, 0.5) is 0 Å². The molecule has 0 aliphatic rings. The van der Waals surface area contributed by atoms with Crippen LogP contribution in [0, 0.1) is 20.8 Å². The third kappa shape index (κ3) is 4.65. The lowest BCUT2D eigenvalue weighted by atomic mass is 10.1. The van der Waals surface area contributed by atoms with Crippen molar-refractivity contribution in [1.29, 1.82) is 0 Å². The Morgan fingerprint density at radius 1 is 1.07 bits per heavy atom. The molecule has 8 nitrogen and oxygen atoms in total. The molecule has 30 heavy (non-hydrogen) atoms. The van der Waals surface area contributed by atoms with Crippen molar-refractivity contribution in [2.45, 2.75) is 33.7 Å². The van der Waals surface area contributed by atoms with Gasteiger partial charge in [-0.1, -0.05) is 18.2 Å². The molecule has 0 fully saturated rings. The average molecular weight is 410 g/mol. The summed E-state index contributed by atoms with van der Waals surface area (Å²) in [6.07, 6.45) is 0.853. The summed E-state index contributed by atoms with van der Waals surface area (Å²) in [7, 11) is 1.67. The lowest BCUT2D eigenvalue weighted by Gasteiger charge is -2.09. The smallest absolute Gasteiger partial charge is 0.361 e. The summed E-state index contributed by atoms with van der Waals surface area (Å²) >= 11 is 0. The molecule has 0 spiro atoms. The van der Waals surface area contributed by atoms with Crippen molar-refractivity contribution in [1.82, 2.24) is 19.6 Å². The summed E-state index contributed by atoms with van der Waals surface area (Å²) in [6, 6.07) is 11.1. The molecule has 0 radical (unpaired) electrons. The first kappa shape index (κ1) is 21.4. The van der Waals surface area contributed by atoms with E-state index in [-0.39, 0.29) is 18.1 Å². The van der Waals surface area contributed by atoms with Gasteiger partial charge in [-0.15, -0.1) is 5.10 Å². The minimum absolute atomic E-state index is 0.0942. The summed E-state index contributed by atoms with van der Waals surface area (Å²) in [5.41, 5.74) is 3.67. The Labute approximate surface area is 175 Å². The number of hydrogen-bond donors (Lipinski definition) is 0. The van der Waals surface area contributed by atoms with Crippen LogP contribution in [-0.2, 0) is 16.0 Å². The third-order valence-corrected chi connectivity index (χ3v) is 4.90. The van der Waals surface area contributed by atoms with E-state index < -0.39 is 5.97 Å². The number of para-hydroxylation sites is 1. The van der Waals surface area contributed by atoms with E-state index in [0.717, 1.165) is 30.0 Å². The van der Waals surface area contributed by atoms with E-state index in [2.05, 4.69) is 14.8 Å². The van der Waals surface area contributed by atoms with Gasteiger partial charge in [-0.05, 0) is 45.4 Å². The van der Waals surface area contributed by atoms with E-state index in [1.165, 1.54) is 4.80 Å². The van der Waals surface area contributed by atoms with Crippen LogP contribution < -0.4 is 0 Å². The topological polar surface area (TPSA) is 88.2 Å². The van der Waals surface area contributed by atoms with E-state index >= 15 is 0 Å². The number of aryl methyl sites for hydroxylation is 2. The van der Waals surface area contributed by atoms with Gasteiger partial charge in [0, 0.05) is 37.2 Å². The predicted molar refractivity (Wildman–Crippen MR) is 111 cm³/mol. The summed E-state index contributed by atoms with van der Waals surface area (Å²) in [5.74, 6) is -0.917. The Morgan fingerprint density at radius 2 is 1.80 bits per heavy atom. The molecule has 0 bridgehead atoms. The fraction of sp³-hybridized carbons (Fsp3) is 0.364. The SMILES string of the molecule is COCCCn1c(C)cc(C(=O)COC(=O)c2nn(-c3ccccc3)nc2C)c1C. The number of Topliss-reactive ketones (excluding diaryl/α,β-unsaturated/α-hetero) is 1. The van der Waals surface area contributed by atoms with Crippen LogP contribution in [0.5, 0.6) is 0 Å². The summed E-state index contributed by atoms with van der Waals surface area (Å²) in [6.45, 7) is 6.59. The fourth-order valence-electron chi connectivity index (χ4n) is 3.32. The first-order chi connectivity index (χ1) is 14.4. The quantitative estimate of drug-likeness (QED) is 0.306. The van der Waals surface area contributed by atoms with Crippen molar-refractivity contribution < 1.29 is 19.1 Å². The number of rotatable bonds is 9. The van der Waals surface area contributed by atoms with Crippen molar-refractivity contribution in [3.8, 4) is 5.69 Å². The minimum atomic E-state index is -0.670. The van der Waals surface area contributed by atoms with Gasteiger partial charge in [0.15, 0.2) is 12.3 Å². The zero-order valence-corrected chi connectivity index (χ0v) is 17.7. The van der Waals surface area contributed by atoms with E-state index in [4.69, 9.17) is 9.47 Å². The second kappa shape index (κ2) is 9.49. The third-order valence-electron chi connectivity index (χ3n) is 4.90. The van der Waals surface area contributed by atoms with Crippen molar-refractivity contribution in [2.75, 3.05) is 20.3 Å². The van der Waals surface area contributed by atoms with Crippen LogP contribution in [0.3, 0.4) is 0 Å². The highest BCUT2D eigenvalue weighted by Crippen LogP contribution is 2.17. The maximum atomic E-state index is 12.7. The number of methoxy groups -OCH3 is 1. The molecule has 3 rings (SSSR count). The van der Waals surface area contributed by atoms with Gasteiger partial charge >= 0.3 is 5.97 Å². The van der Waals surface area contributed by atoms with Crippen molar-refractivity contribution >= 4 is 11.8 Å². The zero-order valence-electron chi connectivity index (χ0n) is 17.7. The standard InChI is InChI=1S/C22H26N4O4/c1-15-13-19(17(3)25(15)11-8-12-29-4)20(27)14-30-22(28)21-16(2)23-26(24-21)18-9-6-5-7-10-18/h5-7,9-10,13H,8,11-12,14H2,1-4H3. The second-order valence-electron chi connectivity index (χ2n) is 7.04. The molecule has 0 N–H and O–H groups in total. The first-order valence-electron chi connectivity index (χ1n) is 9.77. The van der Waals surface area contributed by atoms with Crippen LogP contribution in [0.2, 0.25) is 0 Å². The second-order valence-corrected chi connectivity index (χ2v) is 7.04. The number of ether oxygens (including phenoxy) is 2. The maximum absolute atomic E-state index is 12.7. The van der Waals surface area contributed by atoms with Crippen molar-refractivity contribution in [3.05, 3.63) is 64.7 Å². The molecule has 0 aliphatic carbocycles. The van der Waals surface area contributed by atoms with E-state index in [0.29, 0.717) is 17.9 Å². The first-order valence-corrected chi connectivity index (χ1v) is 9.77. The number of carbonyl (C=O) groups excluding carboxylic acids is 2. The van der Waals surface area contributed by atoms with Crippen molar-refractivity contribution in [3.63, 3.8) is 0 Å². The Balaban J connectivity index is 1.66. The monoisotopic (exact) mass is 410 g/mol. The van der Waals surface area contributed by atoms with Gasteiger partial charge in [0.05, 0.1) is 11.4 Å². The summed E-state index contributed by atoms with van der Waals surface area (Å²) < 4.78 is 12.4. The fourth-order valence-corrected chi connectivity index (χ4v) is 3.32. The molecule has 0 atom stereocenters. The van der Waals surface area contributed by atoms with E-state index in [1.807, 2.05) is 50.2 Å². The largest absolute Gasteiger partial charge is 0.452 e. The lowest BCUT2D eigenvalue weighted by molar-refractivity contribution is 0.0467. The van der Waals surface area contributed by atoms with Gasteiger partial charge in [-0.25, -0.2) is 4.79 Å². The van der Waals surface area contributed by atoms with Crippen LogP contribution in [0.1, 0.15) is 44.3 Å². The van der Waals surface area contributed by atoms with E-state index in [1.54, 1.807) is 14.0 Å². The minimum Gasteiger partial charge on any atom is -0.452 e. The highest BCUT2D eigenvalue weighted by Gasteiger charge is 2.21. The molecule has 0 amide bonds. The summed E-state index contributed by atoms with van der Waals surface area (Å²) in [4.78, 5) is 26.5. The molecule has 0 aliphatic heterocycles. The van der Waals surface area contributed by atoms with Gasteiger partial charge in [0.2, 0.25) is 5.78 Å². The molecule has 3 aromatic rings. The molecule has 0 saturated carbocycles. The van der Waals surface area contributed by atoms with Crippen LogP contribution in [0.25, 0.3) is 5.69 Å². The highest BCUT2D eigenvalue weighted by atomic mass is 16.5. The number of esters is 1. The van der Waals surface area contributed by atoms with Crippen molar-refractivity contribution in [2.24, 2.45) is 0 Å². The predicted octanol–water partition coefficient (Wildman–Crippen LogP) is 3.07. The summed E-state index contributed by atoms with van der Waals surface area (Å²) in [5, 5.41) is 8.47. The molecule has 0 unspecified atom stereocenters. The Bertz CT molecular complexity index is 1040. The van der Waals surface area contributed by atoms with Crippen LogP contribution in [-0.4, -0.2) is 51.6 Å². The lowest BCUT2D eigenvalue weighted by Crippen LogP contribution is -2.16. The number of aromatic nitrogens is 4. The van der Waals surface area contributed by atoms with Gasteiger partial charge in [0.25, 0.3) is 0 Å². The zero-order chi connectivity index (χ0) is 21.7. The van der Waals surface area contributed by atoms with Crippen LogP contribution >= 0.6 is 0 Å². The average Bonchev–Trinajstić information content (AvgIpc) is 3.27.